The summed E-state index contributed by atoms with van der Waals surface area (Å²) in [5.41, 5.74) is 1.25. The molecule has 194 valence electrons. The zero-order valence-corrected chi connectivity index (χ0v) is 20.2. The van der Waals surface area contributed by atoms with Crippen molar-refractivity contribution in [2.45, 2.75) is 65.3 Å². The first-order valence-corrected chi connectivity index (χ1v) is 10.8. The van der Waals surface area contributed by atoms with Crippen molar-refractivity contribution in [2.75, 3.05) is 6.61 Å². The van der Waals surface area contributed by atoms with E-state index in [9.17, 15) is 24.4 Å². The van der Waals surface area contributed by atoms with E-state index < -0.39 is 67.2 Å². The molecule has 1 fully saturated rings. The Kier molecular flexibility index (Phi) is 8.19. The number of aryl methyl sites for hydroxylation is 1. The van der Waals surface area contributed by atoms with Gasteiger partial charge in [0.05, 0.1) is 5.10 Å². The molecule has 0 saturated carbocycles. The summed E-state index contributed by atoms with van der Waals surface area (Å²) in [5.74, 6) is -3.03. The molecule has 2 heterocycles. The summed E-state index contributed by atoms with van der Waals surface area (Å²) < 4.78 is 32.4. The molecule has 5 atom stereocenters. The van der Waals surface area contributed by atoms with Crippen molar-refractivity contribution in [1.82, 2.24) is 10.1 Å². The first-order chi connectivity index (χ1) is 16.9. The number of rotatable bonds is 7. The van der Waals surface area contributed by atoms with Crippen LogP contribution >= 0.6 is 0 Å². The minimum Gasteiger partial charge on any atom is -0.594 e. The van der Waals surface area contributed by atoms with Crippen LogP contribution in [0.15, 0.2) is 18.2 Å². The zero-order chi connectivity index (χ0) is 26.6. The van der Waals surface area contributed by atoms with E-state index >= 15 is 0 Å². The molecule has 0 unspecified atom stereocenters. The fourth-order valence-electron chi connectivity index (χ4n) is 3.58. The number of carbonyl (C=O) groups excluding carboxylic acids is 4. The van der Waals surface area contributed by atoms with Gasteiger partial charge >= 0.3 is 29.9 Å². The molecule has 1 saturated heterocycles. The maximum atomic E-state index is 12.5. The van der Waals surface area contributed by atoms with Crippen molar-refractivity contribution < 1.29 is 52.4 Å². The van der Waals surface area contributed by atoms with Crippen LogP contribution in [0.5, 0.6) is 6.01 Å². The lowest BCUT2D eigenvalue weighted by atomic mass is 9.98. The summed E-state index contributed by atoms with van der Waals surface area (Å²) in [6.45, 7) is 5.80. The number of hydrogen-bond donors (Lipinski definition) is 0. The van der Waals surface area contributed by atoms with E-state index in [2.05, 4.69) is 10.1 Å². The van der Waals surface area contributed by atoms with Crippen molar-refractivity contribution in [3.05, 3.63) is 29.0 Å². The Morgan fingerprint density at radius 2 is 1.56 bits per heavy atom. The summed E-state index contributed by atoms with van der Waals surface area (Å²) in [6, 6.07) is 4.46. The molecule has 0 N–H and O–H groups in total. The van der Waals surface area contributed by atoms with Gasteiger partial charge < -0.3 is 33.6 Å². The Morgan fingerprint density at radius 3 is 2.17 bits per heavy atom. The van der Waals surface area contributed by atoms with Crippen molar-refractivity contribution in [3.63, 3.8) is 0 Å². The van der Waals surface area contributed by atoms with E-state index in [0.29, 0.717) is 4.85 Å². The van der Waals surface area contributed by atoms with Crippen molar-refractivity contribution >= 4 is 34.9 Å². The minimum absolute atomic E-state index is 0.184. The molecule has 14 nitrogen and oxygen atoms in total. The standard InChI is InChI=1S/C22H25N3O11/c1-10-6-7-15-16(8-10)25(30)24-22(23-15)36-21-20(34-14(5)29)19(33-13(4)28)18(32-12(3)27)17(35-21)9-31-11(2)26/h6-8,17-21H,9H2,1-5H3/t17-,18-,19+,20-,21+/m1/s1. The molecule has 0 aliphatic carbocycles. The van der Waals surface area contributed by atoms with E-state index in [0.717, 1.165) is 33.3 Å². The third kappa shape index (κ3) is 6.53. The van der Waals surface area contributed by atoms with Gasteiger partial charge in [-0.1, -0.05) is 6.07 Å². The third-order valence-corrected chi connectivity index (χ3v) is 4.90. The second-order valence-electron chi connectivity index (χ2n) is 7.94. The quantitative estimate of drug-likeness (QED) is 0.212. The first-order valence-electron chi connectivity index (χ1n) is 10.8. The predicted molar refractivity (Wildman–Crippen MR) is 116 cm³/mol. The number of ether oxygens (including phenoxy) is 6. The van der Waals surface area contributed by atoms with E-state index in [4.69, 9.17) is 28.4 Å². The molecule has 1 aromatic heterocycles. The van der Waals surface area contributed by atoms with E-state index in [1.165, 1.54) is 0 Å². The molecule has 0 radical (unpaired) electrons. The molecular formula is C22H25N3O11. The molecule has 36 heavy (non-hydrogen) atoms. The molecule has 0 spiro atoms. The van der Waals surface area contributed by atoms with E-state index in [-0.39, 0.29) is 11.0 Å². The lowest BCUT2D eigenvalue weighted by Crippen LogP contribution is -2.63. The lowest BCUT2D eigenvalue weighted by molar-refractivity contribution is -0.644. The van der Waals surface area contributed by atoms with Crippen LogP contribution in [0.25, 0.3) is 11.0 Å². The summed E-state index contributed by atoms with van der Waals surface area (Å²) in [5, 5.41) is 16.2. The Morgan fingerprint density at radius 1 is 0.944 bits per heavy atom. The van der Waals surface area contributed by atoms with E-state index in [1.807, 2.05) is 0 Å². The first kappa shape index (κ1) is 26.5. The van der Waals surface area contributed by atoms with Gasteiger partial charge in [-0.05, 0) is 23.4 Å². The minimum atomic E-state index is -1.56. The maximum Gasteiger partial charge on any atom is 0.383 e. The Hall–Kier alpha value is -4.07. The third-order valence-electron chi connectivity index (χ3n) is 4.90. The molecular weight excluding hydrogens is 482 g/mol. The largest absolute Gasteiger partial charge is 0.594 e. The second kappa shape index (κ2) is 11.1. The number of aromatic nitrogens is 3. The van der Waals surface area contributed by atoms with Gasteiger partial charge in [-0.2, -0.15) is 4.98 Å². The van der Waals surface area contributed by atoms with Crippen molar-refractivity contribution in [3.8, 4) is 6.01 Å². The van der Waals surface area contributed by atoms with Gasteiger partial charge in [0.15, 0.2) is 12.2 Å². The van der Waals surface area contributed by atoms with Crippen LogP contribution in [0.4, 0.5) is 0 Å². The second-order valence-corrected chi connectivity index (χ2v) is 7.94. The molecule has 1 aliphatic heterocycles. The van der Waals surface area contributed by atoms with Gasteiger partial charge in [0.1, 0.15) is 18.2 Å². The van der Waals surface area contributed by atoms with Crippen LogP contribution in [0.3, 0.4) is 0 Å². The summed E-state index contributed by atoms with van der Waals surface area (Å²) in [4.78, 5) is 51.5. The molecule has 0 amide bonds. The van der Waals surface area contributed by atoms with Gasteiger partial charge in [-0.25, -0.2) is 0 Å². The number of carbonyl (C=O) groups is 4. The predicted octanol–water partition coefficient (Wildman–Crippen LogP) is 0.0335. The average Bonchev–Trinajstić information content (AvgIpc) is 2.76. The fourth-order valence-corrected chi connectivity index (χ4v) is 3.58. The summed E-state index contributed by atoms with van der Waals surface area (Å²) >= 11 is 0. The molecule has 14 heteroatoms. The molecule has 2 aromatic rings. The number of benzene rings is 1. The highest BCUT2D eigenvalue weighted by molar-refractivity contribution is 5.71. The number of hydrogen-bond acceptors (Lipinski definition) is 13. The topological polar surface area (TPSA) is 176 Å². The normalized spacial score (nSPS) is 23.4. The number of esters is 4. The van der Waals surface area contributed by atoms with Crippen molar-refractivity contribution in [2.24, 2.45) is 0 Å². The fraction of sp³-hybridized carbons (Fsp3) is 0.500. The number of fused-ring (bicyclic) bond motifs is 1. The lowest BCUT2D eigenvalue weighted by Gasteiger charge is -2.43. The highest BCUT2D eigenvalue weighted by atomic mass is 16.7. The van der Waals surface area contributed by atoms with Gasteiger partial charge in [-0.15, -0.1) is 0 Å². The summed E-state index contributed by atoms with van der Waals surface area (Å²) in [6.07, 6.45) is -7.05. The van der Waals surface area contributed by atoms with E-state index in [1.54, 1.807) is 25.1 Å². The highest BCUT2D eigenvalue weighted by Gasteiger charge is 2.53. The molecule has 1 aromatic carbocycles. The van der Waals surface area contributed by atoms with Crippen LogP contribution in [0, 0.1) is 12.1 Å². The Balaban J connectivity index is 2.03. The highest BCUT2D eigenvalue weighted by Crippen LogP contribution is 2.30. The summed E-state index contributed by atoms with van der Waals surface area (Å²) in [7, 11) is 0. The van der Waals surface area contributed by atoms with Gasteiger partial charge in [0, 0.05) is 33.8 Å². The van der Waals surface area contributed by atoms with Crippen molar-refractivity contribution in [1.29, 1.82) is 0 Å². The Labute approximate surface area is 204 Å². The van der Waals surface area contributed by atoms with Gasteiger partial charge in [0.2, 0.25) is 12.4 Å². The van der Waals surface area contributed by atoms with Gasteiger partial charge in [0.25, 0.3) is 5.52 Å². The van der Waals surface area contributed by atoms with Crippen LogP contribution in [-0.2, 0) is 42.9 Å². The van der Waals surface area contributed by atoms with Gasteiger partial charge in [-0.3, -0.25) is 19.2 Å². The van der Waals surface area contributed by atoms with Crippen LogP contribution < -0.4 is 9.58 Å². The monoisotopic (exact) mass is 507 g/mol. The zero-order valence-electron chi connectivity index (χ0n) is 20.2. The van der Waals surface area contributed by atoms with Crippen LogP contribution in [-0.4, -0.2) is 71.3 Å². The number of nitrogens with zero attached hydrogens (tertiary/aromatic N) is 3. The molecule has 3 rings (SSSR count). The van der Waals surface area contributed by atoms with Crippen LogP contribution in [0.1, 0.15) is 33.3 Å². The molecule has 1 aliphatic rings. The molecule has 0 bridgehead atoms. The SMILES string of the molecule is CC(=O)OC[C@H]1O[C@@H](Oc2nc3ccc(C)cc3[n+]([O-])n2)[C@H](OC(C)=O)[C@@H](OC(C)=O)[C@@H]1OC(C)=O. The Bertz CT molecular complexity index is 1170. The van der Waals surface area contributed by atoms with Crippen LogP contribution in [0.2, 0.25) is 0 Å². The average molecular weight is 507 g/mol. The smallest absolute Gasteiger partial charge is 0.383 e. The maximum absolute atomic E-state index is 12.5.